The summed E-state index contributed by atoms with van der Waals surface area (Å²) >= 11 is 0. The van der Waals surface area contributed by atoms with E-state index in [2.05, 4.69) is 24.5 Å². The van der Waals surface area contributed by atoms with Crippen molar-refractivity contribution in [3.05, 3.63) is 0 Å². The van der Waals surface area contributed by atoms with Gasteiger partial charge in [-0.15, -0.1) is 0 Å². The maximum absolute atomic E-state index is 12.4. The van der Waals surface area contributed by atoms with E-state index in [1.807, 2.05) is 27.7 Å². The predicted molar refractivity (Wildman–Crippen MR) is 115 cm³/mol. The number of carbonyl (C=O) groups excluding carboxylic acids is 1. The lowest BCUT2D eigenvalue weighted by molar-refractivity contribution is 0.0193. The molecule has 0 aromatic carbocycles. The first-order valence-corrected chi connectivity index (χ1v) is 10.8. The zero-order valence-corrected chi connectivity index (χ0v) is 18.8. The number of hydrogen-bond acceptors (Lipinski definition) is 4. The van der Waals surface area contributed by atoms with Crippen molar-refractivity contribution >= 4 is 12.1 Å². The van der Waals surface area contributed by atoms with Gasteiger partial charge in [-0.3, -0.25) is 4.99 Å². The van der Waals surface area contributed by atoms with Crippen LogP contribution in [0.3, 0.4) is 0 Å². The molecule has 1 saturated heterocycles. The maximum atomic E-state index is 12.4. The van der Waals surface area contributed by atoms with E-state index >= 15 is 0 Å². The van der Waals surface area contributed by atoms with Crippen LogP contribution in [0.5, 0.6) is 0 Å². The Balaban J connectivity index is 2.75. The highest BCUT2D eigenvalue weighted by Crippen LogP contribution is 2.30. The number of nitrogens with zero attached hydrogens (tertiary/aromatic N) is 2. The zero-order chi connectivity index (χ0) is 21.2. The Bertz CT molecular complexity index is 498. The summed E-state index contributed by atoms with van der Waals surface area (Å²) in [5.74, 6) is 0.780. The molecule has 28 heavy (non-hydrogen) atoms. The number of guanidine groups is 1. The minimum atomic E-state index is -0.482. The van der Waals surface area contributed by atoms with Gasteiger partial charge in [0.15, 0.2) is 5.96 Å². The van der Waals surface area contributed by atoms with Crippen molar-refractivity contribution in [3.8, 4) is 0 Å². The highest BCUT2D eigenvalue weighted by atomic mass is 16.6. The number of aliphatic hydroxyl groups is 1. The molecule has 3 N–H and O–H groups in total. The smallest absolute Gasteiger partial charge is 0.410 e. The average Bonchev–Trinajstić information content (AvgIpc) is 2.64. The van der Waals surface area contributed by atoms with Crippen LogP contribution >= 0.6 is 0 Å². The Morgan fingerprint density at radius 1 is 1.25 bits per heavy atom. The van der Waals surface area contributed by atoms with Crippen molar-refractivity contribution in [2.24, 2.45) is 10.4 Å². The van der Waals surface area contributed by atoms with Gasteiger partial charge >= 0.3 is 6.09 Å². The third-order valence-electron chi connectivity index (χ3n) is 5.47. The van der Waals surface area contributed by atoms with Crippen molar-refractivity contribution in [1.29, 1.82) is 0 Å². The Labute approximate surface area is 171 Å². The standard InChI is InChI=1S/C21H42N4O3/c1-7-21(8-2,12-14-26)16-23-18(22-9-3)24-17-11-10-13-25(15-17)19(27)28-20(4,5)6/h17,26H,7-16H2,1-6H3,(H2,22,23,24). The van der Waals surface area contributed by atoms with Crippen LogP contribution in [0, 0.1) is 5.41 Å². The van der Waals surface area contributed by atoms with Gasteiger partial charge in [-0.1, -0.05) is 13.8 Å². The van der Waals surface area contributed by atoms with Gasteiger partial charge in [0, 0.05) is 38.8 Å². The van der Waals surface area contributed by atoms with E-state index in [0.29, 0.717) is 13.1 Å². The number of likely N-dealkylation sites (tertiary alicyclic amines) is 1. The number of piperidine rings is 1. The molecule has 0 bridgehead atoms. The Morgan fingerprint density at radius 2 is 1.93 bits per heavy atom. The topological polar surface area (TPSA) is 86.2 Å². The molecule has 0 aliphatic carbocycles. The molecule has 0 saturated carbocycles. The molecule has 1 aliphatic heterocycles. The van der Waals surface area contributed by atoms with Crippen molar-refractivity contribution in [3.63, 3.8) is 0 Å². The first kappa shape index (κ1) is 24.5. The van der Waals surface area contributed by atoms with Crippen molar-refractivity contribution in [1.82, 2.24) is 15.5 Å². The molecular formula is C21H42N4O3. The maximum Gasteiger partial charge on any atom is 0.410 e. The van der Waals surface area contributed by atoms with Crippen molar-refractivity contribution in [2.45, 2.75) is 85.3 Å². The summed E-state index contributed by atoms with van der Waals surface area (Å²) in [4.78, 5) is 19.0. The molecule has 0 aromatic heterocycles. The van der Waals surface area contributed by atoms with Crippen LogP contribution in [-0.2, 0) is 4.74 Å². The predicted octanol–water partition coefficient (Wildman–Crippen LogP) is 3.13. The first-order valence-electron chi connectivity index (χ1n) is 10.8. The average molecular weight is 399 g/mol. The highest BCUT2D eigenvalue weighted by molar-refractivity contribution is 5.80. The SMILES string of the molecule is CCNC(=NCC(CC)(CC)CCO)NC1CCCN(C(=O)OC(C)(C)C)C1. The number of amides is 1. The first-order chi connectivity index (χ1) is 13.2. The summed E-state index contributed by atoms with van der Waals surface area (Å²) in [5, 5.41) is 16.2. The van der Waals surface area contributed by atoms with E-state index in [9.17, 15) is 9.90 Å². The molecule has 7 nitrogen and oxygen atoms in total. The molecule has 164 valence electrons. The number of ether oxygens (including phenoxy) is 1. The van der Waals surface area contributed by atoms with Gasteiger partial charge in [0.05, 0.1) is 0 Å². The van der Waals surface area contributed by atoms with Crippen LogP contribution < -0.4 is 10.6 Å². The van der Waals surface area contributed by atoms with Gasteiger partial charge in [-0.05, 0) is 65.2 Å². The van der Waals surface area contributed by atoms with Gasteiger partial charge in [0.2, 0.25) is 0 Å². The third kappa shape index (κ3) is 8.25. The molecule has 0 aromatic rings. The number of aliphatic hydroxyl groups excluding tert-OH is 1. The van der Waals surface area contributed by atoms with E-state index in [4.69, 9.17) is 9.73 Å². The fourth-order valence-electron chi connectivity index (χ4n) is 3.49. The van der Waals surface area contributed by atoms with Crippen molar-refractivity contribution in [2.75, 3.05) is 32.8 Å². The lowest BCUT2D eigenvalue weighted by atomic mass is 9.79. The molecule has 1 aliphatic rings. The fraction of sp³-hybridized carbons (Fsp3) is 0.905. The molecule has 1 amide bonds. The molecule has 0 radical (unpaired) electrons. The van der Waals surface area contributed by atoms with Crippen LogP contribution in [-0.4, -0.2) is 66.5 Å². The van der Waals surface area contributed by atoms with Gasteiger partial charge in [-0.2, -0.15) is 0 Å². The second kappa shape index (κ2) is 11.5. The number of carbonyl (C=O) groups is 1. The summed E-state index contributed by atoms with van der Waals surface area (Å²) in [6, 6.07) is 0.148. The minimum absolute atomic E-state index is 0.0339. The van der Waals surface area contributed by atoms with Crippen LogP contribution in [0.1, 0.15) is 73.6 Å². The largest absolute Gasteiger partial charge is 0.444 e. The molecule has 1 unspecified atom stereocenters. The summed E-state index contributed by atoms with van der Waals surface area (Å²) in [6.45, 7) is 15.0. The molecule has 0 spiro atoms. The summed E-state index contributed by atoms with van der Waals surface area (Å²) < 4.78 is 5.52. The Kier molecular flexibility index (Phi) is 10.1. The Hall–Kier alpha value is -1.50. The zero-order valence-electron chi connectivity index (χ0n) is 18.8. The van der Waals surface area contributed by atoms with Gasteiger partial charge in [-0.25, -0.2) is 4.79 Å². The van der Waals surface area contributed by atoms with E-state index < -0.39 is 5.60 Å². The van der Waals surface area contributed by atoms with Crippen LogP contribution in [0.15, 0.2) is 4.99 Å². The third-order valence-corrected chi connectivity index (χ3v) is 5.47. The second-order valence-electron chi connectivity index (χ2n) is 8.79. The number of rotatable bonds is 8. The van der Waals surface area contributed by atoms with Crippen LogP contribution in [0.4, 0.5) is 4.79 Å². The van der Waals surface area contributed by atoms with Crippen LogP contribution in [0.2, 0.25) is 0 Å². The van der Waals surface area contributed by atoms with E-state index in [1.54, 1.807) is 4.90 Å². The van der Waals surface area contributed by atoms with E-state index in [-0.39, 0.29) is 24.2 Å². The molecule has 1 rings (SSSR count). The summed E-state index contributed by atoms with van der Waals surface area (Å²) in [6.07, 6.45) is 4.42. The number of aliphatic imine (C=N–C) groups is 1. The second-order valence-corrected chi connectivity index (χ2v) is 8.79. The molecule has 1 fully saturated rings. The molecule has 7 heteroatoms. The highest BCUT2D eigenvalue weighted by Gasteiger charge is 2.29. The summed E-state index contributed by atoms with van der Waals surface area (Å²) in [5.41, 5.74) is -0.448. The molecular weight excluding hydrogens is 356 g/mol. The van der Waals surface area contributed by atoms with Crippen molar-refractivity contribution < 1.29 is 14.6 Å². The summed E-state index contributed by atoms with van der Waals surface area (Å²) in [7, 11) is 0. The van der Waals surface area contributed by atoms with Gasteiger partial charge < -0.3 is 25.4 Å². The van der Waals surface area contributed by atoms with Crippen LogP contribution in [0.25, 0.3) is 0 Å². The lowest BCUT2D eigenvalue weighted by Gasteiger charge is -2.35. The monoisotopic (exact) mass is 398 g/mol. The quantitative estimate of drug-likeness (QED) is 0.432. The van der Waals surface area contributed by atoms with E-state index in [1.165, 1.54) is 0 Å². The molecule has 1 heterocycles. The normalized spacial score (nSPS) is 18.8. The lowest BCUT2D eigenvalue weighted by Crippen LogP contribution is -2.53. The number of hydrogen-bond donors (Lipinski definition) is 3. The minimum Gasteiger partial charge on any atom is -0.444 e. The molecule has 1 atom stereocenters. The van der Waals surface area contributed by atoms with E-state index in [0.717, 1.165) is 51.2 Å². The number of nitrogens with one attached hydrogen (secondary N) is 2. The fourth-order valence-corrected chi connectivity index (χ4v) is 3.49. The van der Waals surface area contributed by atoms with Gasteiger partial charge in [0.1, 0.15) is 5.60 Å². The Morgan fingerprint density at radius 3 is 2.46 bits per heavy atom. The van der Waals surface area contributed by atoms with Gasteiger partial charge in [0.25, 0.3) is 0 Å².